The van der Waals surface area contributed by atoms with Gasteiger partial charge in [-0.3, -0.25) is 0 Å². The standard InChI is InChI=1S/C12H7BrN4OS/c1-17-6-7(5-14)4-8(17)12-15-11(16-18-12)9-2-3-10(13)19-9/h2-4,6H,1H3. The quantitative estimate of drug-likeness (QED) is 0.719. The van der Waals surface area contributed by atoms with Crippen LogP contribution in [-0.4, -0.2) is 14.7 Å². The molecule has 0 aromatic carbocycles. The fraction of sp³-hybridized carbons (Fsp3) is 0.0833. The topological polar surface area (TPSA) is 67.6 Å². The Balaban J connectivity index is 2.01. The first kappa shape index (κ1) is 12.1. The maximum atomic E-state index is 8.87. The molecule has 0 N–H and O–H groups in total. The van der Waals surface area contributed by atoms with Crippen molar-refractivity contribution in [2.24, 2.45) is 7.05 Å². The Morgan fingerprint density at radius 2 is 2.32 bits per heavy atom. The van der Waals surface area contributed by atoms with E-state index in [9.17, 15) is 0 Å². The number of rotatable bonds is 2. The van der Waals surface area contributed by atoms with Crippen LogP contribution in [0.5, 0.6) is 0 Å². The van der Waals surface area contributed by atoms with Gasteiger partial charge < -0.3 is 9.09 Å². The molecule has 0 spiro atoms. The Kier molecular flexibility index (Phi) is 2.97. The van der Waals surface area contributed by atoms with Crippen molar-refractivity contribution in [3.63, 3.8) is 0 Å². The van der Waals surface area contributed by atoms with E-state index in [1.54, 1.807) is 16.8 Å². The third-order valence-electron chi connectivity index (χ3n) is 2.57. The summed E-state index contributed by atoms with van der Waals surface area (Å²) in [5, 5.41) is 12.8. The van der Waals surface area contributed by atoms with Crippen molar-refractivity contribution in [2.75, 3.05) is 0 Å². The van der Waals surface area contributed by atoms with E-state index in [-0.39, 0.29) is 0 Å². The van der Waals surface area contributed by atoms with Gasteiger partial charge in [-0.25, -0.2) is 0 Å². The summed E-state index contributed by atoms with van der Waals surface area (Å²) < 4.78 is 8.06. The molecule has 0 unspecified atom stereocenters. The molecule has 94 valence electrons. The molecule has 0 atom stereocenters. The first-order chi connectivity index (χ1) is 9.17. The largest absolute Gasteiger partial charge is 0.345 e. The molecule has 0 amide bonds. The van der Waals surface area contributed by atoms with Crippen LogP contribution in [0.4, 0.5) is 0 Å². The van der Waals surface area contributed by atoms with Gasteiger partial charge in [-0.15, -0.1) is 11.3 Å². The number of thiophene rings is 1. The minimum atomic E-state index is 0.406. The van der Waals surface area contributed by atoms with Crippen molar-refractivity contribution in [1.29, 1.82) is 5.26 Å². The van der Waals surface area contributed by atoms with E-state index >= 15 is 0 Å². The van der Waals surface area contributed by atoms with Gasteiger partial charge in [0.1, 0.15) is 11.8 Å². The highest BCUT2D eigenvalue weighted by molar-refractivity contribution is 9.11. The number of halogens is 1. The summed E-state index contributed by atoms with van der Waals surface area (Å²) in [6.07, 6.45) is 1.72. The van der Waals surface area contributed by atoms with Crippen LogP contribution < -0.4 is 0 Å². The number of nitrogens with zero attached hydrogens (tertiary/aromatic N) is 4. The van der Waals surface area contributed by atoms with Crippen molar-refractivity contribution in [1.82, 2.24) is 14.7 Å². The average Bonchev–Trinajstić information content (AvgIpc) is 3.07. The minimum absolute atomic E-state index is 0.406. The van der Waals surface area contributed by atoms with Crippen LogP contribution in [0.3, 0.4) is 0 Å². The zero-order valence-electron chi connectivity index (χ0n) is 9.79. The molecule has 0 aliphatic rings. The van der Waals surface area contributed by atoms with Crippen molar-refractivity contribution in [3.05, 3.63) is 33.7 Å². The van der Waals surface area contributed by atoms with Gasteiger partial charge in [0.05, 0.1) is 14.2 Å². The van der Waals surface area contributed by atoms with Crippen molar-refractivity contribution < 1.29 is 4.52 Å². The summed E-state index contributed by atoms with van der Waals surface area (Å²) in [6, 6.07) is 7.67. The van der Waals surface area contributed by atoms with Crippen LogP contribution >= 0.6 is 27.3 Å². The second-order valence-corrected chi connectivity index (χ2v) is 6.33. The van der Waals surface area contributed by atoms with Crippen molar-refractivity contribution in [2.45, 2.75) is 0 Å². The van der Waals surface area contributed by atoms with Gasteiger partial charge in [-0.1, -0.05) is 5.16 Å². The molecule has 0 bridgehead atoms. The molecule has 5 nitrogen and oxygen atoms in total. The zero-order valence-corrected chi connectivity index (χ0v) is 12.2. The molecule has 0 aliphatic carbocycles. The summed E-state index contributed by atoms with van der Waals surface area (Å²) in [5.74, 6) is 0.953. The Labute approximate surface area is 121 Å². The highest BCUT2D eigenvalue weighted by atomic mass is 79.9. The van der Waals surface area contributed by atoms with E-state index in [0.717, 1.165) is 14.4 Å². The van der Waals surface area contributed by atoms with Crippen molar-refractivity contribution in [3.8, 4) is 28.4 Å². The Morgan fingerprint density at radius 1 is 1.47 bits per heavy atom. The van der Waals surface area contributed by atoms with Crippen LogP contribution in [-0.2, 0) is 7.05 Å². The Hall–Kier alpha value is -1.91. The van der Waals surface area contributed by atoms with Crippen LogP contribution in [0.25, 0.3) is 22.3 Å². The monoisotopic (exact) mass is 334 g/mol. The maximum absolute atomic E-state index is 8.87. The van der Waals surface area contributed by atoms with Crippen LogP contribution in [0.2, 0.25) is 0 Å². The van der Waals surface area contributed by atoms with E-state index in [4.69, 9.17) is 9.78 Å². The second kappa shape index (κ2) is 4.64. The van der Waals surface area contributed by atoms with Gasteiger partial charge >= 0.3 is 0 Å². The molecule has 0 aliphatic heterocycles. The van der Waals surface area contributed by atoms with Gasteiger partial charge in [0.15, 0.2) is 0 Å². The first-order valence-corrected chi connectivity index (χ1v) is 6.94. The molecule has 19 heavy (non-hydrogen) atoms. The van der Waals surface area contributed by atoms with Gasteiger partial charge in [-0.2, -0.15) is 10.2 Å². The number of aromatic nitrogens is 3. The molecular formula is C12H7BrN4OS. The van der Waals surface area contributed by atoms with Crippen molar-refractivity contribution >= 4 is 27.3 Å². The molecule has 3 rings (SSSR count). The summed E-state index contributed by atoms with van der Waals surface area (Å²) in [6.45, 7) is 0. The fourth-order valence-corrected chi connectivity index (χ4v) is 3.01. The summed E-state index contributed by atoms with van der Waals surface area (Å²) in [5.41, 5.74) is 1.29. The van der Waals surface area contributed by atoms with Gasteiger partial charge in [0.2, 0.25) is 5.82 Å². The summed E-state index contributed by atoms with van der Waals surface area (Å²) in [7, 11) is 1.84. The van der Waals surface area contributed by atoms with Gasteiger partial charge in [0, 0.05) is 13.2 Å². The molecule has 0 saturated carbocycles. The normalized spacial score (nSPS) is 10.6. The van der Waals surface area contributed by atoms with E-state index < -0.39 is 0 Å². The first-order valence-electron chi connectivity index (χ1n) is 5.33. The number of hydrogen-bond acceptors (Lipinski definition) is 5. The molecular weight excluding hydrogens is 328 g/mol. The lowest BCUT2D eigenvalue weighted by Gasteiger charge is -1.94. The predicted molar refractivity (Wildman–Crippen MR) is 74.4 cm³/mol. The van der Waals surface area contributed by atoms with E-state index in [1.165, 1.54) is 11.3 Å². The highest BCUT2D eigenvalue weighted by Crippen LogP contribution is 2.30. The average molecular weight is 335 g/mol. The van der Waals surface area contributed by atoms with Crippen LogP contribution in [0, 0.1) is 11.3 Å². The zero-order chi connectivity index (χ0) is 13.4. The number of nitriles is 1. The van der Waals surface area contributed by atoms with Crippen LogP contribution in [0.15, 0.2) is 32.7 Å². The fourth-order valence-electron chi connectivity index (χ4n) is 1.70. The smallest absolute Gasteiger partial charge is 0.274 e. The van der Waals surface area contributed by atoms with E-state index in [2.05, 4.69) is 32.1 Å². The molecule has 0 radical (unpaired) electrons. The lowest BCUT2D eigenvalue weighted by Crippen LogP contribution is -1.88. The van der Waals surface area contributed by atoms with E-state index in [1.807, 2.05) is 19.2 Å². The molecule has 3 heterocycles. The molecule has 3 aromatic heterocycles. The molecule has 0 saturated heterocycles. The maximum Gasteiger partial charge on any atom is 0.274 e. The number of aryl methyl sites for hydroxylation is 1. The third kappa shape index (κ3) is 2.20. The minimum Gasteiger partial charge on any atom is -0.345 e. The third-order valence-corrected chi connectivity index (χ3v) is 4.19. The predicted octanol–water partition coefficient (Wildman–Crippen LogP) is 3.44. The van der Waals surface area contributed by atoms with E-state index in [0.29, 0.717) is 17.3 Å². The highest BCUT2D eigenvalue weighted by Gasteiger charge is 2.15. The van der Waals surface area contributed by atoms with Crippen LogP contribution in [0.1, 0.15) is 5.56 Å². The summed E-state index contributed by atoms with van der Waals surface area (Å²) >= 11 is 4.93. The summed E-state index contributed by atoms with van der Waals surface area (Å²) in [4.78, 5) is 5.28. The van der Waals surface area contributed by atoms with Gasteiger partial charge in [-0.05, 0) is 34.1 Å². The Morgan fingerprint density at radius 3 is 2.95 bits per heavy atom. The second-order valence-electron chi connectivity index (χ2n) is 3.86. The van der Waals surface area contributed by atoms with Gasteiger partial charge in [0.25, 0.3) is 5.89 Å². The lowest BCUT2D eigenvalue weighted by molar-refractivity contribution is 0.429. The Bertz CT molecular complexity index is 780. The SMILES string of the molecule is Cn1cc(C#N)cc1-c1nc(-c2ccc(Br)s2)no1. The molecule has 0 fully saturated rings. The number of hydrogen-bond donors (Lipinski definition) is 0. The molecule has 3 aromatic rings. The molecule has 7 heteroatoms. The lowest BCUT2D eigenvalue weighted by atomic mass is 10.3.